The maximum absolute atomic E-state index is 12.1. The van der Waals surface area contributed by atoms with Gasteiger partial charge in [0.1, 0.15) is 0 Å². The standard InChI is InChI=1S/C14H24N2O4/c1-10(12-4-7-20-9-12)15-8-13(17)16-5-2-11(3-6-16)14(18)19/h10-12,15H,2-9H2,1H3,(H,18,19). The third kappa shape index (κ3) is 3.93. The third-order valence-electron chi connectivity index (χ3n) is 4.44. The molecule has 0 aliphatic carbocycles. The van der Waals surface area contributed by atoms with E-state index in [9.17, 15) is 9.59 Å². The molecule has 0 aromatic rings. The molecule has 1 amide bonds. The SMILES string of the molecule is CC(NCC(=O)N1CCC(C(=O)O)CC1)C1CCOC1. The summed E-state index contributed by atoms with van der Waals surface area (Å²) in [4.78, 5) is 24.7. The van der Waals surface area contributed by atoms with Crippen LogP contribution in [0.1, 0.15) is 26.2 Å². The molecule has 2 aliphatic rings. The number of likely N-dealkylation sites (tertiary alicyclic amines) is 1. The summed E-state index contributed by atoms with van der Waals surface area (Å²) in [6.07, 6.45) is 2.17. The van der Waals surface area contributed by atoms with Crippen LogP contribution in [0.5, 0.6) is 0 Å². The van der Waals surface area contributed by atoms with Crippen molar-refractivity contribution in [2.75, 3.05) is 32.8 Å². The predicted molar refractivity (Wildman–Crippen MR) is 73.3 cm³/mol. The molecule has 0 bridgehead atoms. The van der Waals surface area contributed by atoms with Gasteiger partial charge in [-0.2, -0.15) is 0 Å². The molecule has 6 heteroatoms. The Bertz CT molecular complexity index is 347. The van der Waals surface area contributed by atoms with Crippen molar-refractivity contribution in [1.82, 2.24) is 10.2 Å². The molecule has 2 saturated heterocycles. The lowest BCUT2D eigenvalue weighted by Crippen LogP contribution is -2.46. The van der Waals surface area contributed by atoms with E-state index in [1.54, 1.807) is 4.90 Å². The molecular weight excluding hydrogens is 260 g/mol. The lowest BCUT2D eigenvalue weighted by atomic mass is 9.97. The van der Waals surface area contributed by atoms with Crippen LogP contribution < -0.4 is 5.32 Å². The second-order valence-corrected chi connectivity index (χ2v) is 5.79. The van der Waals surface area contributed by atoms with Crippen molar-refractivity contribution in [2.45, 2.75) is 32.2 Å². The fourth-order valence-electron chi connectivity index (χ4n) is 2.85. The highest BCUT2D eigenvalue weighted by Gasteiger charge is 2.27. The van der Waals surface area contributed by atoms with E-state index in [-0.39, 0.29) is 17.9 Å². The molecule has 2 N–H and O–H groups in total. The van der Waals surface area contributed by atoms with Crippen LogP contribution in [0, 0.1) is 11.8 Å². The molecule has 2 atom stereocenters. The number of rotatable bonds is 5. The molecule has 2 aliphatic heterocycles. The summed E-state index contributed by atoms with van der Waals surface area (Å²) in [5, 5.41) is 12.2. The van der Waals surface area contributed by atoms with Gasteiger partial charge in [0.25, 0.3) is 0 Å². The molecule has 0 radical (unpaired) electrons. The van der Waals surface area contributed by atoms with Gasteiger partial charge in [0, 0.05) is 25.7 Å². The van der Waals surface area contributed by atoms with Crippen molar-refractivity contribution in [1.29, 1.82) is 0 Å². The van der Waals surface area contributed by atoms with Gasteiger partial charge in [0.15, 0.2) is 0 Å². The van der Waals surface area contributed by atoms with Crippen LogP contribution in [0.4, 0.5) is 0 Å². The average Bonchev–Trinajstić information content (AvgIpc) is 2.98. The summed E-state index contributed by atoms with van der Waals surface area (Å²) in [7, 11) is 0. The number of hydrogen-bond acceptors (Lipinski definition) is 4. The summed E-state index contributed by atoms with van der Waals surface area (Å²) in [5.74, 6) is -0.480. The van der Waals surface area contributed by atoms with E-state index in [2.05, 4.69) is 12.2 Å². The quantitative estimate of drug-likeness (QED) is 0.760. The Morgan fingerprint density at radius 3 is 2.60 bits per heavy atom. The van der Waals surface area contributed by atoms with Gasteiger partial charge in [0.2, 0.25) is 5.91 Å². The summed E-state index contributed by atoms with van der Waals surface area (Å²) in [6, 6.07) is 0.276. The minimum absolute atomic E-state index is 0.0691. The van der Waals surface area contributed by atoms with E-state index in [1.165, 1.54) is 0 Å². The minimum atomic E-state index is -0.745. The Labute approximate surface area is 119 Å². The van der Waals surface area contributed by atoms with Gasteiger partial charge in [-0.25, -0.2) is 0 Å². The van der Waals surface area contributed by atoms with Crippen molar-refractivity contribution in [2.24, 2.45) is 11.8 Å². The van der Waals surface area contributed by atoms with Crippen molar-refractivity contribution in [3.8, 4) is 0 Å². The highest BCUT2D eigenvalue weighted by molar-refractivity contribution is 5.79. The van der Waals surface area contributed by atoms with Gasteiger partial charge in [-0.1, -0.05) is 0 Å². The highest BCUT2D eigenvalue weighted by atomic mass is 16.5. The molecule has 2 fully saturated rings. The molecule has 2 heterocycles. The Kier molecular flexibility index (Phi) is 5.37. The molecule has 0 spiro atoms. The van der Waals surface area contributed by atoms with E-state index in [0.717, 1.165) is 19.6 Å². The topological polar surface area (TPSA) is 78.9 Å². The third-order valence-corrected chi connectivity index (χ3v) is 4.44. The highest BCUT2D eigenvalue weighted by Crippen LogP contribution is 2.18. The first-order valence-electron chi connectivity index (χ1n) is 7.39. The van der Waals surface area contributed by atoms with Crippen LogP contribution in [0.25, 0.3) is 0 Å². The molecule has 0 aromatic heterocycles. The monoisotopic (exact) mass is 284 g/mol. The lowest BCUT2D eigenvalue weighted by molar-refractivity contribution is -0.145. The predicted octanol–water partition coefficient (Wildman–Crippen LogP) is 0.324. The fourth-order valence-corrected chi connectivity index (χ4v) is 2.85. The van der Waals surface area contributed by atoms with Crippen molar-refractivity contribution in [3.63, 3.8) is 0 Å². The summed E-state index contributed by atoms with van der Waals surface area (Å²) < 4.78 is 5.34. The number of piperidine rings is 1. The summed E-state index contributed by atoms with van der Waals surface area (Å²) in [6.45, 7) is 5.11. The van der Waals surface area contributed by atoms with Gasteiger partial charge in [-0.05, 0) is 32.1 Å². The molecule has 6 nitrogen and oxygen atoms in total. The Morgan fingerprint density at radius 2 is 2.05 bits per heavy atom. The Hall–Kier alpha value is -1.14. The van der Waals surface area contributed by atoms with Crippen LogP contribution in [-0.2, 0) is 14.3 Å². The number of nitrogens with zero attached hydrogens (tertiary/aromatic N) is 1. The number of hydrogen-bond donors (Lipinski definition) is 2. The maximum atomic E-state index is 12.1. The van der Waals surface area contributed by atoms with Crippen molar-refractivity contribution >= 4 is 11.9 Å². The van der Waals surface area contributed by atoms with E-state index < -0.39 is 5.97 Å². The number of nitrogens with one attached hydrogen (secondary N) is 1. The van der Waals surface area contributed by atoms with E-state index in [0.29, 0.717) is 38.4 Å². The summed E-state index contributed by atoms with van der Waals surface area (Å²) >= 11 is 0. The van der Waals surface area contributed by atoms with Gasteiger partial charge in [-0.3, -0.25) is 9.59 Å². The first-order valence-corrected chi connectivity index (χ1v) is 7.39. The molecule has 114 valence electrons. The zero-order chi connectivity index (χ0) is 14.5. The van der Waals surface area contributed by atoms with Crippen LogP contribution in [0.3, 0.4) is 0 Å². The van der Waals surface area contributed by atoms with Gasteiger partial charge in [0.05, 0.1) is 19.1 Å². The normalized spacial score (nSPS) is 25.6. The Morgan fingerprint density at radius 1 is 1.35 bits per heavy atom. The first kappa shape index (κ1) is 15.3. The summed E-state index contributed by atoms with van der Waals surface area (Å²) in [5.41, 5.74) is 0. The average molecular weight is 284 g/mol. The van der Waals surface area contributed by atoms with Crippen LogP contribution in [-0.4, -0.2) is 60.8 Å². The molecule has 0 saturated carbocycles. The number of carbonyl (C=O) groups is 2. The van der Waals surface area contributed by atoms with Crippen LogP contribution >= 0.6 is 0 Å². The number of aliphatic carboxylic acids is 1. The number of carboxylic acids is 1. The second-order valence-electron chi connectivity index (χ2n) is 5.79. The largest absolute Gasteiger partial charge is 0.481 e. The molecule has 20 heavy (non-hydrogen) atoms. The zero-order valence-corrected chi connectivity index (χ0v) is 12.0. The van der Waals surface area contributed by atoms with E-state index in [4.69, 9.17) is 9.84 Å². The van der Waals surface area contributed by atoms with Crippen molar-refractivity contribution < 1.29 is 19.4 Å². The van der Waals surface area contributed by atoms with Crippen LogP contribution in [0.2, 0.25) is 0 Å². The van der Waals surface area contributed by atoms with Crippen molar-refractivity contribution in [3.05, 3.63) is 0 Å². The van der Waals surface area contributed by atoms with Gasteiger partial charge < -0.3 is 20.1 Å². The maximum Gasteiger partial charge on any atom is 0.306 e. The molecular formula is C14H24N2O4. The molecule has 0 aromatic carbocycles. The zero-order valence-electron chi connectivity index (χ0n) is 12.0. The Balaban J connectivity index is 1.68. The first-order chi connectivity index (χ1) is 9.58. The number of carboxylic acid groups (broad SMARTS) is 1. The van der Waals surface area contributed by atoms with Gasteiger partial charge in [-0.15, -0.1) is 0 Å². The second kappa shape index (κ2) is 7.04. The van der Waals surface area contributed by atoms with E-state index in [1.807, 2.05) is 0 Å². The minimum Gasteiger partial charge on any atom is -0.481 e. The molecule has 2 unspecified atom stereocenters. The van der Waals surface area contributed by atoms with E-state index >= 15 is 0 Å². The fraction of sp³-hybridized carbons (Fsp3) is 0.857. The van der Waals surface area contributed by atoms with Crippen LogP contribution in [0.15, 0.2) is 0 Å². The number of ether oxygens (including phenoxy) is 1. The van der Waals surface area contributed by atoms with Gasteiger partial charge >= 0.3 is 5.97 Å². The smallest absolute Gasteiger partial charge is 0.306 e. The number of carbonyl (C=O) groups excluding carboxylic acids is 1. The lowest BCUT2D eigenvalue weighted by Gasteiger charge is -2.31. The number of amides is 1. The molecule has 2 rings (SSSR count).